The summed E-state index contributed by atoms with van der Waals surface area (Å²) < 4.78 is 164. The molecule has 0 aliphatic carbocycles. The summed E-state index contributed by atoms with van der Waals surface area (Å²) in [4.78, 5) is 11.4. The Bertz CT molecular complexity index is 744. The van der Waals surface area contributed by atoms with Crippen molar-refractivity contribution in [3.05, 3.63) is 12.2 Å². The summed E-state index contributed by atoms with van der Waals surface area (Å²) in [5.74, 6) is -6.97. The first-order chi connectivity index (χ1) is 13.5. The van der Waals surface area contributed by atoms with Crippen molar-refractivity contribution in [1.82, 2.24) is 0 Å². The zero-order valence-electron chi connectivity index (χ0n) is 14.9. The quantitative estimate of drug-likeness (QED) is 0.146. The van der Waals surface area contributed by atoms with Gasteiger partial charge >= 0.3 is 39.6 Å². The molecule has 0 aliphatic heterocycles. The standard InChI is InChI=1S/C13H14F10O7S/c1-7(6-29-4-3-10(14,15)13(22,23)31(26,27)28)8(24)30-5-2-9(25,11(16,17)18)12(19,20)21/h25H,1-6H2,(H,26,27,28). The summed E-state index contributed by atoms with van der Waals surface area (Å²) in [6.45, 7) is -1.11. The fourth-order valence-electron chi connectivity index (χ4n) is 1.63. The predicted molar refractivity (Wildman–Crippen MR) is 78.7 cm³/mol. The highest BCUT2D eigenvalue weighted by molar-refractivity contribution is 7.87. The molecule has 0 spiro atoms. The fraction of sp³-hybridized carbons (Fsp3) is 0.769. The van der Waals surface area contributed by atoms with Crippen molar-refractivity contribution < 1.29 is 76.2 Å². The molecule has 0 fully saturated rings. The van der Waals surface area contributed by atoms with Crippen LogP contribution < -0.4 is 0 Å². The molecule has 0 aromatic heterocycles. The first-order valence-electron chi connectivity index (χ1n) is 7.52. The Morgan fingerprint density at radius 3 is 1.71 bits per heavy atom. The first kappa shape index (κ1) is 29.3. The molecule has 0 aliphatic rings. The largest absolute Gasteiger partial charge is 0.462 e. The van der Waals surface area contributed by atoms with Crippen LogP contribution in [-0.4, -0.2) is 73.0 Å². The van der Waals surface area contributed by atoms with E-state index in [0.29, 0.717) is 0 Å². The number of rotatable bonds is 11. The molecule has 0 aromatic rings. The molecule has 31 heavy (non-hydrogen) atoms. The van der Waals surface area contributed by atoms with Gasteiger partial charge in [0, 0.05) is 12.8 Å². The minimum Gasteiger partial charge on any atom is -0.462 e. The second-order valence-electron chi connectivity index (χ2n) is 5.84. The summed E-state index contributed by atoms with van der Waals surface area (Å²) in [7, 11) is -6.48. The van der Waals surface area contributed by atoms with Crippen LogP contribution >= 0.6 is 0 Å². The third kappa shape index (κ3) is 6.91. The highest BCUT2D eigenvalue weighted by Crippen LogP contribution is 2.45. The molecule has 0 amide bonds. The first-order valence-corrected chi connectivity index (χ1v) is 8.96. The second-order valence-corrected chi connectivity index (χ2v) is 7.31. The van der Waals surface area contributed by atoms with Crippen LogP contribution in [0.2, 0.25) is 0 Å². The lowest BCUT2D eigenvalue weighted by Crippen LogP contribution is -2.57. The number of hydrogen-bond donors (Lipinski definition) is 2. The summed E-state index contributed by atoms with van der Waals surface area (Å²) in [6.07, 6.45) is -16.4. The molecule has 0 saturated heterocycles. The molecule has 0 aromatic carbocycles. The van der Waals surface area contributed by atoms with E-state index in [1.807, 2.05) is 0 Å². The maximum Gasteiger partial charge on any atom is 0.431 e. The molecule has 7 nitrogen and oxygen atoms in total. The topological polar surface area (TPSA) is 110 Å². The van der Waals surface area contributed by atoms with Crippen molar-refractivity contribution in [3.63, 3.8) is 0 Å². The number of hydrogen-bond acceptors (Lipinski definition) is 6. The zero-order chi connectivity index (χ0) is 25.1. The van der Waals surface area contributed by atoms with E-state index < -0.39 is 83.5 Å². The Morgan fingerprint density at radius 1 is 0.871 bits per heavy atom. The number of carbonyl (C=O) groups excluding carboxylic acids is 1. The molecule has 0 unspecified atom stereocenters. The van der Waals surface area contributed by atoms with Crippen molar-refractivity contribution in [2.75, 3.05) is 19.8 Å². The van der Waals surface area contributed by atoms with Gasteiger partial charge in [-0.3, -0.25) is 4.55 Å². The minimum absolute atomic E-state index is 0.854. The number of halogens is 10. The lowest BCUT2D eigenvalue weighted by Gasteiger charge is -2.32. The van der Waals surface area contributed by atoms with E-state index in [-0.39, 0.29) is 0 Å². The van der Waals surface area contributed by atoms with Gasteiger partial charge in [-0.25, -0.2) is 4.79 Å². The number of esters is 1. The number of alkyl halides is 10. The van der Waals surface area contributed by atoms with Gasteiger partial charge in [0.15, 0.2) is 0 Å². The van der Waals surface area contributed by atoms with Crippen molar-refractivity contribution in [1.29, 1.82) is 0 Å². The summed E-state index contributed by atoms with van der Waals surface area (Å²) in [5, 5.41) is 2.96. The van der Waals surface area contributed by atoms with E-state index >= 15 is 0 Å². The number of carbonyl (C=O) groups is 1. The van der Waals surface area contributed by atoms with Gasteiger partial charge in [-0.1, -0.05) is 6.58 Å². The third-order valence-corrected chi connectivity index (χ3v) is 4.46. The molecule has 0 saturated carbocycles. The van der Waals surface area contributed by atoms with Crippen molar-refractivity contribution in [2.45, 2.75) is 42.0 Å². The molecule has 184 valence electrons. The Hall–Kier alpha value is -1.66. The van der Waals surface area contributed by atoms with Gasteiger partial charge in [-0.05, 0) is 0 Å². The van der Waals surface area contributed by atoms with Crippen LogP contribution in [0.25, 0.3) is 0 Å². The highest BCUT2D eigenvalue weighted by Gasteiger charge is 2.70. The van der Waals surface area contributed by atoms with Gasteiger partial charge in [0.25, 0.3) is 5.60 Å². The van der Waals surface area contributed by atoms with E-state index in [1.165, 1.54) is 0 Å². The molecule has 18 heteroatoms. The summed E-state index contributed by atoms with van der Waals surface area (Å²) >= 11 is 0. The van der Waals surface area contributed by atoms with Gasteiger partial charge in [-0.2, -0.15) is 52.3 Å². The van der Waals surface area contributed by atoms with Crippen LogP contribution in [-0.2, 0) is 24.4 Å². The van der Waals surface area contributed by atoms with Crippen molar-refractivity contribution >= 4 is 16.1 Å². The van der Waals surface area contributed by atoms with E-state index in [9.17, 15) is 57.1 Å². The smallest absolute Gasteiger partial charge is 0.431 e. The highest BCUT2D eigenvalue weighted by atomic mass is 32.2. The molecule has 0 rings (SSSR count). The summed E-state index contributed by atoms with van der Waals surface area (Å²) in [6, 6.07) is 0. The van der Waals surface area contributed by atoms with Crippen LogP contribution in [0.4, 0.5) is 43.9 Å². The fourth-order valence-corrected chi connectivity index (χ4v) is 2.11. The van der Waals surface area contributed by atoms with E-state index in [0.717, 1.165) is 0 Å². The molecular formula is C13H14F10O7S. The van der Waals surface area contributed by atoms with Gasteiger partial charge in [0.05, 0.1) is 25.4 Å². The third-order valence-electron chi connectivity index (χ3n) is 3.51. The SMILES string of the molecule is C=C(COCCC(F)(F)C(F)(F)S(=O)(=O)O)C(=O)OCCC(O)(C(F)(F)F)C(F)(F)F. The van der Waals surface area contributed by atoms with Crippen LogP contribution in [0.5, 0.6) is 0 Å². The lowest BCUT2D eigenvalue weighted by atomic mass is 9.99. The van der Waals surface area contributed by atoms with E-state index in [1.54, 1.807) is 0 Å². The maximum atomic E-state index is 13.2. The second kappa shape index (κ2) is 9.45. The Morgan fingerprint density at radius 2 is 1.32 bits per heavy atom. The minimum atomic E-state index is -6.48. The molecule has 0 radical (unpaired) electrons. The molecule has 2 N–H and O–H groups in total. The molecule has 0 bridgehead atoms. The van der Waals surface area contributed by atoms with Gasteiger partial charge in [0.2, 0.25) is 0 Å². The average Bonchev–Trinajstić information content (AvgIpc) is 2.54. The predicted octanol–water partition coefficient (Wildman–Crippen LogP) is 2.85. The number of aliphatic hydroxyl groups is 1. The summed E-state index contributed by atoms with van der Waals surface area (Å²) in [5.41, 5.74) is -6.05. The Labute approximate surface area is 167 Å². The van der Waals surface area contributed by atoms with Crippen LogP contribution in [0.15, 0.2) is 12.2 Å². The van der Waals surface area contributed by atoms with Gasteiger partial charge in [0.1, 0.15) is 0 Å². The Kier molecular flexibility index (Phi) is 8.95. The van der Waals surface area contributed by atoms with Crippen LogP contribution in [0, 0.1) is 0 Å². The van der Waals surface area contributed by atoms with Crippen molar-refractivity contribution in [3.8, 4) is 0 Å². The van der Waals surface area contributed by atoms with Crippen LogP contribution in [0.3, 0.4) is 0 Å². The normalized spacial score (nSPS) is 14.5. The molecular weight excluding hydrogens is 490 g/mol. The Balaban J connectivity index is 4.67. The van der Waals surface area contributed by atoms with Gasteiger partial charge in [-0.15, -0.1) is 0 Å². The molecule has 0 heterocycles. The maximum absolute atomic E-state index is 13.2. The lowest BCUT2D eigenvalue weighted by molar-refractivity contribution is -0.371. The zero-order valence-corrected chi connectivity index (χ0v) is 15.7. The van der Waals surface area contributed by atoms with Gasteiger partial charge < -0.3 is 14.6 Å². The van der Waals surface area contributed by atoms with E-state index in [4.69, 9.17) is 9.66 Å². The number of ether oxygens (including phenoxy) is 2. The van der Waals surface area contributed by atoms with Crippen LogP contribution in [0.1, 0.15) is 12.8 Å². The van der Waals surface area contributed by atoms with Crippen molar-refractivity contribution in [2.24, 2.45) is 0 Å². The average molecular weight is 504 g/mol. The monoisotopic (exact) mass is 504 g/mol. The van der Waals surface area contributed by atoms with E-state index in [2.05, 4.69) is 16.1 Å². The molecule has 0 atom stereocenters.